The second-order valence-corrected chi connectivity index (χ2v) is 3.65. The van der Waals surface area contributed by atoms with Gasteiger partial charge in [0.25, 0.3) is 5.91 Å². The van der Waals surface area contributed by atoms with Crippen LogP contribution in [0.5, 0.6) is 0 Å². The smallest absolute Gasteiger partial charge is 0.360 e. The molecule has 2 heterocycles. The van der Waals surface area contributed by atoms with Gasteiger partial charge in [0.1, 0.15) is 6.54 Å². The van der Waals surface area contributed by atoms with E-state index in [9.17, 15) is 14.4 Å². The maximum absolute atomic E-state index is 11.6. The van der Waals surface area contributed by atoms with Crippen molar-refractivity contribution in [2.75, 3.05) is 7.11 Å². The molecule has 9 heteroatoms. The number of hydrogen-bond donors (Lipinski definition) is 1. The van der Waals surface area contributed by atoms with Crippen LogP contribution in [0.15, 0.2) is 29.0 Å². The summed E-state index contributed by atoms with van der Waals surface area (Å²) in [7, 11) is 1.20. The van der Waals surface area contributed by atoms with E-state index in [4.69, 9.17) is 4.42 Å². The first-order valence-electron chi connectivity index (χ1n) is 5.46. The minimum Gasteiger partial charge on any atom is -0.464 e. The molecule has 104 valence electrons. The van der Waals surface area contributed by atoms with E-state index >= 15 is 0 Å². The Morgan fingerprint density at radius 3 is 2.90 bits per heavy atom. The average molecular weight is 278 g/mol. The van der Waals surface area contributed by atoms with Crippen LogP contribution in [0.2, 0.25) is 0 Å². The van der Waals surface area contributed by atoms with Gasteiger partial charge in [-0.15, -0.1) is 5.10 Å². The van der Waals surface area contributed by atoms with Gasteiger partial charge in [-0.05, 0) is 12.1 Å². The van der Waals surface area contributed by atoms with Crippen LogP contribution in [0, 0.1) is 0 Å². The van der Waals surface area contributed by atoms with Gasteiger partial charge in [-0.2, -0.15) is 0 Å². The largest absolute Gasteiger partial charge is 0.464 e. The number of nitrogens with one attached hydrogen (secondary N) is 1. The van der Waals surface area contributed by atoms with E-state index in [0.717, 1.165) is 4.68 Å². The second-order valence-electron chi connectivity index (χ2n) is 3.65. The molecule has 0 saturated carbocycles. The Bertz CT molecular complexity index is 631. The van der Waals surface area contributed by atoms with Gasteiger partial charge in [-0.1, -0.05) is 5.21 Å². The number of nitrogens with zero attached hydrogens (tertiary/aromatic N) is 3. The molecule has 0 spiro atoms. The summed E-state index contributed by atoms with van der Waals surface area (Å²) in [6, 6.07) is 2.95. The number of hydrogen-bond acceptors (Lipinski definition) is 7. The van der Waals surface area contributed by atoms with Gasteiger partial charge in [-0.25, -0.2) is 9.48 Å². The molecule has 2 rings (SSSR count). The molecule has 2 aromatic rings. The minimum absolute atomic E-state index is 0.0205. The van der Waals surface area contributed by atoms with Gasteiger partial charge in [-0.3, -0.25) is 14.9 Å². The van der Waals surface area contributed by atoms with Crippen LogP contribution in [0.3, 0.4) is 0 Å². The summed E-state index contributed by atoms with van der Waals surface area (Å²) in [5.41, 5.74) is -0.0299. The number of ether oxygens (including phenoxy) is 1. The predicted molar refractivity (Wildman–Crippen MR) is 62.5 cm³/mol. The van der Waals surface area contributed by atoms with Crippen LogP contribution in [0.25, 0.3) is 0 Å². The summed E-state index contributed by atoms with van der Waals surface area (Å²) in [6.07, 6.45) is 2.56. The molecule has 9 nitrogen and oxygen atoms in total. The van der Waals surface area contributed by atoms with Crippen LogP contribution in [-0.4, -0.2) is 39.9 Å². The monoisotopic (exact) mass is 278 g/mol. The highest BCUT2D eigenvalue weighted by atomic mass is 16.5. The summed E-state index contributed by atoms with van der Waals surface area (Å²) in [6.45, 7) is -0.267. The third kappa shape index (κ3) is 3.07. The molecule has 0 aliphatic carbocycles. The van der Waals surface area contributed by atoms with Crippen molar-refractivity contribution in [1.29, 1.82) is 0 Å². The van der Waals surface area contributed by atoms with Crippen molar-refractivity contribution in [1.82, 2.24) is 20.3 Å². The van der Waals surface area contributed by atoms with Crippen molar-refractivity contribution in [3.8, 4) is 0 Å². The van der Waals surface area contributed by atoms with E-state index in [1.54, 1.807) is 0 Å². The van der Waals surface area contributed by atoms with Gasteiger partial charge in [0.05, 0.1) is 19.6 Å². The Morgan fingerprint density at radius 1 is 1.45 bits per heavy atom. The summed E-state index contributed by atoms with van der Waals surface area (Å²) in [4.78, 5) is 34.3. The number of aromatic nitrogens is 3. The quantitative estimate of drug-likeness (QED) is 0.757. The SMILES string of the molecule is COC(=O)c1cn(CC(=O)NC(=O)c2ccco2)nn1. The third-order valence-corrected chi connectivity index (χ3v) is 2.24. The molecule has 2 aromatic heterocycles. The lowest BCUT2D eigenvalue weighted by molar-refractivity contribution is -0.120. The molecular formula is C11H10N4O5. The fourth-order valence-corrected chi connectivity index (χ4v) is 1.36. The van der Waals surface area contributed by atoms with Crippen molar-refractivity contribution in [3.63, 3.8) is 0 Å². The summed E-state index contributed by atoms with van der Waals surface area (Å²) < 4.78 is 10.4. The Hall–Kier alpha value is -2.97. The zero-order valence-corrected chi connectivity index (χ0v) is 10.4. The summed E-state index contributed by atoms with van der Waals surface area (Å²) >= 11 is 0. The van der Waals surface area contributed by atoms with E-state index < -0.39 is 17.8 Å². The molecule has 0 unspecified atom stereocenters. The van der Waals surface area contributed by atoms with Crippen LogP contribution < -0.4 is 5.32 Å². The number of amides is 2. The van der Waals surface area contributed by atoms with E-state index in [-0.39, 0.29) is 18.0 Å². The Kier molecular flexibility index (Phi) is 3.89. The second kappa shape index (κ2) is 5.78. The molecular weight excluding hydrogens is 268 g/mol. The minimum atomic E-state index is -0.664. The number of furan rings is 1. The van der Waals surface area contributed by atoms with E-state index in [2.05, 4.69) is 20.4 Å². The molecule has 0 aromatic carbocycles. The van der Waals surface area contributed by atoms with Gasteiger partial charge in [0, 0.05) is 0 Å². The fraction of sp³-hybridized carbons (Fsp3) is 0.182. The fourth-order valence-electron chi connectivity index (χ4n) is 1.36. The Morgan fingerprint density at radius 2 is 2.25 bits per heavy atom. The molecule has 0 fully saturated rings. The van der Waals surface area contributed by atoms with Crippen LogP contribution in [-0.2, 0) is 16.1 Å². The molecule has 20 heavy (non-hydrogen) atoms. The lowest BCUT2D eigenvalue weighted by atomic mass is 10.4. The number of esters is 1. The van der Waals surface area contributed by atoms with Crippen LogP contribution in [0.4, 0.5) is 0 Å². The number of rotatable bonds is 4. The highest BCUT2D eigenvalue weighted by Gasteiger charge is 2.15. The van der Waals surface area contributed by atoms with Crippen molar-refractivity contribution >= 4 is 17.8 Å². The number of imide groups is 1. The van der Waals surface area contributed by atoms with Crippen molar-refractivity contribution in [2.45, 2.75) is 6.54 Å². The first-order valence-corrected chi connectivity index (χ1v) is 5.46. The Labute approximate surface area is 112 Å². The predicted octanol–water partition coefficient (Wildman–Crippen LogP) is -0.386. The highest BCUT2D eigenvalue weighted by Crippen LogP contribution is 1.99. The zero-order chi connectivity index (χ0) is 14.5. The molecule has 1 N–H and O–H groups in total. The number of carbonyl (C=O) groups excluding carboxylic acids is 3. The van der Waals surface area contributed by atoms with Gasteiger partial charge in [0.15, 0.2) is 11.5 Å². The molecule has 2 amide bonds. The maximum Gasteiger partial charge on any atom is 0.360 e. The summed E-state index contributed by atoms with van der Waals surface area (Å²) in [5, 5.41) is 9.20. The molecule has 0 saturated heterocycles. The van der Waals surface area contributed by atoms with Crippen LogP contribution in [0.1, 0.15) is 21.0 Å². The van der Waals surface area contributed by atoms with Gasteiger partial charge < -0.3 is 9.15 Å². The molecule has 0 radical (unpaired) electrons. The lowest BCUT2D eigenvalue weighted by Gasteiger charge is -2.01. The van der Waals surface area contributed by atoms with Crippen molar-refractivity contribution in [2.24, 2.45) is 0 Å². The maximum atomic E-state index is 11.6. The first-order chi connectivity index (χ1) is 9.60. The number of methoxy groups -OCH3 is 1. The van der Waals surface area contributed by atoms with E-state index in [0.29, 0.717) is 0 Å². The lowest BCUT2D eigenvalue weighted by Crippen LogP contribution is -2.33. The van der Waals surface area contributed by atoms with Crippen molar-refractivity contribution in [3.05, 3.63) is 36.0 Å². The molecule has 0 aliphatic rings. The normalized spacial score (nSPS) is 10.1. The highest BCUT2D eigenvalue weighted by molar-refractivity contribution is 6.02. The van der Waals surface area contributed by atoms with E-state index in [1.165, 1.54) is 31.7 Å². The van der Waals surface area contributed by atoms with Crippen LogP contribution >= 0.6 is 0 Å². The first kappa shape index (κ1) is 13.5. The number of carbonyl (C=O) groups is 3. The topological polar surface area (TPSA) is 116 Å². The molecule has 0 aliphatic heterocycles. The Balaban J connectivity index is 1.93. The summed E-state index contributed by atoms with van der Waals surface area (Å²) in [5.74, 6) is -1.92. The molecule has 0 bridgehead atoms. The zero-order valence-electron chi connectivity index (χ0n) is 10.4. The van der Waals surface area contributed by atoms with Crippen molar-refractivity contribution < 1.29 is 23.5 Å². The standard InChI is InChI=1S/C11H10N4O5/c1-19-11(18)7-5-15(14-13-7)6-9(16)12-10(17)8-3-2-4-20-8/h2-5H,6H2,1H3,(H,12,16,17). The van der Waals surface area contributed by atoms with Gasteiger partial charge >= 0.3 is 5.97 Å². The molecule has 0 atom stereocenters. The average Bonchev–Trinajstić information content (AvgIpc) is 3.08. The van der Waals surface area contributed by atoms with Gasteiger partial charge in [0.2, 0.25) is 5.91 Å². The third-order valence-electron chi connectivity index (χ3n) is 2.24. The van der Waals surface area contributed by atoms with E-state index in [1.807, 2.05) is 0 Å².